The lowest BCUT2D eigenvalue weighted by atomic mass is 9.85. The number of fused-ring (bicyclic) bond motifs is 1. The number of pyridine rings is 1. The van der Waals surface area contributed by atoms with Crippen LogP contribution in [0.2, 0.25) is 5.02 Å². The second-order valence-corrected chi connectivity index (χ2v) is 17.1. The Hall–Kier alpha value is -4.63. The Balaban J connectivity index is 1.33. The summed E-state index contributed by atoms with van der Waals surface area (Å²) >= 11 is 8.05. The van der Waals surface area contributed by atoms with E-state index in [0.29, 0.717) is 50.8 Å². The van der Waals surface area contributed by atoms with Crippen LogP contribution in [0.5, 0.6) is 16.7 Å². The summed E-state index contributed by atoms with van der Waals surface area (Å²) < 4.78 is 23.2. The highest BCUT2D eigenvalue weighted by Gasteiger charge is 2.61. The number of carboxylic acids is 1. The highest BCUT2D eigenvalue weighted by atomic mass is 35.5. The van der Waals surface area contributed by atoms with Crippen molar-refractivity contribution in [3.63, 3.8) is 0 Å². The molecule has 55 heavy (non-hydrogen) atoms. The van der Waals surface area contributed by atoms with Gasteiger partial charge in [0.25, 0.3) is 5.19 Å². The van der Waals surface area contributed by atoms with Crippen LogP contribution in [0, 0.1) is 23.2 Å². The zero-order valence-electron chi connectivity index (χ0n) is 32.0. The Kier molecular flexibility index (Phi) is 11.3. The molecule has 1 aliphatic heterocycles. The molecule has 16 heteroatoms. The van der Waals surface area contributed by atoms with E-state index in [2.05, 4.69) is 36.0 Å². The summed E-state index contributed by atoms with van der Waals surface area (Å²) in [6, 6.07) is 2.91. The van der Waals surface area contributed by atoms with Crippen LogP contribution in [0.25, 0.3) is 22.3 Å². The number of nitrogens with zero attached hydrogens (tertiary/aromatic N) is 3. The van der Waals surface area contributed by atoms with Crippen LogP contribution in [0.3, 0.4) is 0 Å². The van der Waals surface area contributed by atoms with E-state index in [-0.39, 0.29) is 30.5 Å². The molecule has 2 saturated carbocycles. The fourth-order valence-electron chi connectivity index (χ4n) is 7.54. The minimum Gasteiger partial charge on any atom is -0.495 e. The Morgan fingerprint density at radius 3 is 2.35 bits per heavy atom. The van der Waals surface area contributed by atoms with Crippen molar-refractivity contribution >= 4 is 57.7 Å². The van der Waals surface area contributed by atoms with E-state index >= 15 is 0 Å². The molecular weight excluding hydrogens is 750 g/mol. The topological polar surface area (TPSA) is 179 Å². The molecule has 3 aromatic rings. The quantitative estimate of drug-likeness (QED) is 0.181. The lowest BCUT2D eigenvalue weighted by molar-refractivity contribution is -0.146. The second-order valence-electron chi connectivity index (χ2n) is 15.9. The van der Waals surface area contributed by atoms with Crippen molar-refractivity contribution < 1.29 is 43.2 Å². The Labute approximate surface area is 328 Å². The molecule has 14 nitrogen and oxygen atoms in total. The average Bonchev–Trinajstić information content (AvgIpc) is 3.41. The molecule has 2 aliphatic carbocycles. The number of rotatable bonds is 12. The van der Waals surface area contributed by atoms with Gasteiger partial charge in [-0.1, -0.05) is 63.6 Å². The van der Waals surface area contributed by atoms with Crippen molar-refractivity contribution in [1.82, 2.24) is 25.5 Å². The first-order chi connectivity index (χ1) is 26.0. The molecule has 1 saturated heterocycles. The molecule has 2 unspecified atom stereocenters. The van der Waals surface area contributed by atoms with Crippen molar-refractivity contribution in [1.29, 1.82) is 0 Å². The third kappa shape index (κ3) is 8.04. The number of likely N-dealkylation sites (tertiary alicyclic amines) is 1. The number of carbonyl (C=O) groups excluding carboxylic acids is 3. The lowest BCUT2D eigenvalue weighted by Gasteiger charge is -2.35. The van der Waals surface area contributed by atoms with Crippen molar-refractivity contribution in [2.45, 2.75) is 90.1 Å². The number of methoxy groups -OCH3 is 2. The summed E-state index contributed by atoms with van der Waals surface area (Å²) in [7, 11) is 3.02. The highest BCUT2D eigenvalue weighted by molar-refractivity contribution is 7.11. The zero-order chi connectivity index (χ0) is 40.0. The fraction of sp³-hybridized carbons (Fsp3) is 0.538. The largest absolute Gasteiger partial charge is 0.495 e. The number of halogens is 1. The van der Waals surface area contributed by atoms with Crippen LogP contribution in [0.4, 0.5) is 4.79 Å². The zero-order valence-corrected chi connectivity index (χ0v) is 33.6. The maximum Gasteiger partial charge on any atom is 0.408 e. The van der Waals surface area contributed by atoms with Crippen molar-refractivity contribution in [2.75, 3.05) is 20.8 Å². The number of aromatic nitrogens is 2. The van der Waals surface area contributed by atoms with Gasteiger partial charge in [0.2, 0.25) is 11.8 Å². The number of thiazole rings is 1. The Morgan fingerprint density at radius 1 is 1.05 bits per heavy atom. The maximum atomic E-state index is 14.6. The lowest BCUT2D eigenvalue weighted by Crippen LogP contribution is -2.59. The number of hydrogen-bond donors (Lipinski definition) is 3. The number of benzene rings is 1. The van der Waals surface area contributed by atoms with Crippen LogP contribution in [-0.4, -0.2) is 94.4 Å². The first-order valence-electron chi connectivity index (χ1n) is 18.3. The maximum absolute atomic E-state index is 14.6. The first kappa shape index (κ1) is 40.0. The van der Waals surface area contributed by atoms with Gasteiger partial charge in [0.1, 0.15) is 52.0 Å². The van der Waals surface area contributed by atoms with E-state index in [0.717, 1.165) is 12.8 Å². The molecule has 3 N–H and O–H groups in total. The third-order valence-electron chi connectivity index (χ3n) is 11.0. The van der Waals surface area contributed by atoms with Gasteiger partial charge in [-0.25, -0.2) is 19.6 Å². The van der Waals surface area contributed by atoms with Crippen LogP contribution < -0.4 is 24.8 Å². The summed E-state index contributed by atoms with van der Waals surface area (Å²) in [4.78, 5) is 65.1. The van der Waals surface area contributed by atoms with E-state index in [1.165, 1.54) is 36.5 Å². The van der Waals surface area contributed by atoms with Gasteiger partial charge in [0, 0.05) is 29.2 Å². The smallest absolute Gasteiger partial charge is 0.408 e. The number of carboxylic acid groups (broad SMARTS) is 1. The summed E-state index contributed by atoms with van der Waals surface area (Å²) in [5, 5.41) is 18.6. The molecule has 3 amide bonds. The predicted molar refractivity (Wildman–Crippen MR) is 207 cm³/mol. The van der Waals surface area contributed by atoms with E-state index in [9.17, 15) is 24.3 Å². The highest BCUT2D eigenvalue weighted by Crippen LogP contribution is 2.45. The molecule has 6 rings (SSSR count). The van der Waals surface area contributed by atoms with Gasteiger partial charge in [-0.15, -0.1) is 6.58 Å². The van der Waals surface area contributed by atoms with Crippen molar-refractivity contribution in [3.05, 3.63) is 41.3 Å². The number of alkyl carbamates (subject to hydrolysis) is 1. The molecule has 2 aromatic heterocycles. The molecule has 8 atom stereocenters. The molecule has 0 bridgehead atoms. The summed E-state index contributed by atoms with van der Waals surface area (Å²) in [6.07, 6.45) is 1.40. The number of hydrogen-bond acceptors (Lipinski definition) is 11. The van der Waals surface area contributed by atoms with Crippen LogP contribution in [0.15, 0.2) is 36.2 Å². The monoisotopic (exact) mass is 797 g/mol. The Morgan fingerprint density at radius 2 is 1.76 bits per heavy atom. The van der Waals surface area contributed by atoms with Crippen LogP contribution in [0.1, 0.15) is 60.3 Å². The molecule has 3 heterocycles. The van der Waals surface area contributed by atoms with E-state index < -0.39 is 58.9 Å². The molecule has 296 valence electrons. The Bertz CT molecular complexity index is 1990. The molecular formula is C39H48ClN5O9S. The van der Waals surface area contributed by atoms with Gasteiger partial charge in [-0.3, -0.25) is 9.59 Å². The van der Waals surface area contributed by atoms with Gasteiger partial charge < -0.3 is 39.6 Å². The standard InChI is InChI=1S/C39H48ClN5O9S/c1-9-21-16-39(21,35(48)49)44-33(46)27-14-23(17-45(27)34(47)32(38(4,5)6)43-36(50)54-22-12-19(2)20(3)13-22)53-29-15-25(26-18-55-37(42-26)52-8)41-31-24(29)10-11-28(51-7)30(31)40/h9-11,15,18-23,27,32H,1,12-14,16-17H2,2-8H3,(H,43,50)(H,44,46)(H,48,49)/t19-,20?,21-,22?,23-,27+,32-,39-/m1/s1. The van der Waals surface area contributed by atoms with Crippen molar-refractivity contribution in [3.8, 4) is 28.1 Å². The number of nitrogens with one attached hydrogen (secondary N) is 2. The van der Waals surface area contributed by atoms with Crippen LogP contribution >= 0.6 is 22.9 Å². The van der Waals surface area contributed by atoms with Gasteiger partial charge in [0.15, 0.2) is 0 Å². The first-order valence-corrected chi connectivity index (χ1v) is 19.5. The number of amides is 3. The normalized spacial score (nSPS) is 26.6. The SMILES string of the molecule is C=C[C@@H]1C[C@]1(NC(=O)[C@@H]1C[C@@H](Oc2cc(-c3csc(OC)n3)nc3c(Cl)c(OC)ccc23)CN1C(=O)[C@@H](NC(=O)OC1CC(C)[C@H](C)C1)C(C)(C)C)C(=O)O. The third-order valence-corrected chi connectivity index (χ3v) is 12.2. The van der Waals surface area contributed by atoms with E-state index in [1.54, 1.807) is 23.6 Å². The van der Waals surface area contributed by atoms with Gasteiger partial charge >= 0.3 is 12.1 Å². The van der Waals surface area contributed by atoms with E-state index in [1.807, 2.05) is 20.8 Å². The molecule has 1 aromatic carbocycles. The second kappa shape index (κ2) is 15.5. The molecule has 0 radical (unpaired) electrons. The van der Waals surface area contributed by atoms with Gasteiger partial charge in [-0.2, -0.15) is 0 Å². The minimum atomic E-state index is -1.53. The average molecular weight is 798 g/mol. The summed E-state index contributed by atoms with van der Waals surface area (Å²) in [6.45, 7) is 13.3. The summed E-state index contributed by atoms with van der Waals surface area (Å²) in [5.41, 5.74) is -1.00. The fourth-order valence-corrected chi connectivity index (χ4v) is 8.46. The molecule has 0 spiro atoms. The number of aliphatic carboxylic acids is 1. The summed E-state index contributed by atoms with van der Waals surface area (Å²) in [5.74, 6) is -1.30. The number of ether oxygens (including phenoxy) is 4. The molecule has 3 aliphatic rings. The number of carbonyl (C=O) groups is 4. The van der Waals surface area contributed by atoms with Crippen molar-refractivity contribution in [2.24, 2.45) is 23.2 Å². The minimum absolute atomic E-state index is 0.0126. The van der Waals surface area contributed by atoms with Gasteiger partial charge in [-0.05, 0) is 48.6 Å². The molecule has 3 fully saturated rings. The van der Waals surface area contributed by atoms with Gasteiger partial charge in [0.05, 0.1) is 32.0 Å². The van der Waals surface area contributed by atoms with Crippen LogP contribution in [-0.2, 0) is 19.1 Å². The van der Waals surface area contributed by atoms with E-state index in [4.69, 9.17) is 35.5 Å². The predicted octanol–water partition coefficient (Wildman–Crippen LogP) is 6.10.